The van der Waals surface area contributed by atoms with E-state index in [0.29, 0.717) is 17.9 Å². The van der Waals surface area contributed by atoms with Gasteiger partial charge < -0.3 is 9.88 Å². The highest BCUT2D eigenvalue weighted by Gasteiger charge is 2.34. The van der Waals surface area contributed by atoms with E-state index < -0.39 is 0 Å². The molecule has 0 spiro atoms. The second-order valence-electron chi connectivity index (χ2n) is 5.68. The van der Waals surface area contributed by atoms with Gasteiger partial charge in [0, 0.05) is 24.7 Å². The predicted octanol–water partition coefficient (Wildman–Crippen LogP) is 2.09. The first-order valence-electron chi connectivity index (χ1n) is 6.87. The fourth-order valence-electron chi connectivity index (χ4n) is 3.10. The third-order valence-corrected chi connectivity index (χ3v) is 4.28. The zero-order valence-corrected chi connectivity index (χ0v) is 10.6. The molecule has 94 valence electrons. The first kappa shape index (κ1) is 10.5. The van der Waals surface area contributed by atoms with Gasteiger partial charge in [0.25, 0.3) is 0 Å². The maximum Gasteiger partial charge on any atom is 0.114 e. The highest BCUT2D eigenvalue weighted by atomic mass is 15.1. The summed E-state index contributed by atoms with van der Waals surface area (Å²) in [6.07, 6.45) is 6.37. The van der Waals surface area contributed by atoms with Gasteiger partial charge in [-0.2, -0.15) is 0 Å². The molecule has 4 rings (SSSR count). The lowest BCUT2D eigenvalue weighted by Gasteiger charge is -2.16. The Balaban J connectivity index is 1.90. The number of pyridine rings is 1. The maximum absolute atomic E-state index is 4.87. The summed E-state index contributed by atoms with van der Waals surface area (Å²) in [5.41, 5.74) is 2.32. The van der Waals surface area contributed by atoms with Gasteiger partial charge in [0.05, 0.1) is 11.7 Å². The van der Waals surface area contributed by atoms with Gasteiger partial charge >= 0.3 is 0 Å². The molecule has 1 saturated heterocycles. The van der Waals surface area contributed by atoms with Crippen molar-refractivity contribution in [3.05, 3.63) is 24.3 Å². The van der Waals surface area contributed by atoms with E-state index in [4.69, 9.17) is 4.98 Å². The van der Waals surface area contributed by atoms with E-state index in [-0.39, 0.29) is 0 Å². The number of hydrogen-bond donors (Lipinski definition) is 1. The molecule has 4 nitrogen and oxygen atoms in total. The minimum absolute atomic E-state index is 0.554. The van der Waals surface area contributed by atoms with Crippen LogP contribution >= 0.6 is 0 Å². The van der Waals surface area contributed by atoms with Gasteiger partial charge in [-0.3, -0.25) is 4.98 Å². The molecule has 0 aromatic carbocycles. The van der Waals surface area contributed by atoms with Crippen molar-refractivity contribution in [1.82, 2.24) is 19.9 Å². The Kier molecular flexibility index (Phi) is 2.21. The third kappa shape index (κ3) is 1.48. The molecule has 3 heterocycles. The number of hydrogen-bond acceptors (Lipinski definition) is 3. The first-order chi connectivity index (χ1) is 8.84. The molecule has 0 radical (unpaired) electrons. The van der Waals surface area contributed by atoms with E-state index in [1.807, 2.05) is 12.4 Å². The Morgan fingerprint density at radius 2 is 2.22 bits per heavy atom. The largest absolute Gasteiger partial charge is 0.324 e. The number of nitrogens with one attached hydrogen (secondary N) is 1. The average Bonchev–Trinajstić information content (AvgIpc) is 3.01. The Bertz CT molecular complexity index is 584. The topological polar surface area (TPSA) is 42.7 Å². The smallest absolute Gasteiger partial charge is 0.114 e. The summed E-state index contributed by atoms with van der Waals surface area (Å²) in [5, 5.41) is 3.48. The normalized spacial score (nSPS) is 28.1. The number of imidazole rings is 1. The van der Waals surface area contributed by atoms with E-state index >= 15 is 0 Å². The van der Waals surface area contributed by atoms with Crippen molar-refractivity contribution < 1.29 is 0 Å². The summed E-state index contributed by atoms with van der Waals surface area (Å²) in [4.78, 5) is 9.07. The van der Waals surface area contributed by atoms with E-state index in [1.165, 1.54) is 24.2 Å². The van der Waals surface area contributed by atoms with Gasteiger partial charge in [-0.15, -0.1) is 0 Å². The molecular weight excluding hydrogens is 224 g/mol. The van der Waals surface area contributed by atoms with Crippen LogP contribution in [0.25, 0.3) is 11.0 Å². The number of nitrogens with zero attached hydrogens (tertiary/aromatic N) is 3. The van der Waals surface area contributed by atoms with Crippen molar-refractivity contribution >= 4 is 11.0 Å². The van der Waals surface area contributed by atoms with Crippen LogP contribution in [0.1, 0.15) is 37.5 Å². The fourth-order valence-corrected chi connectivity index (χ4v) is 3.10. The van der Waals surface area contributed by atoms with Crippen LogP contribution in [0.3, 0.4) is 0 Å². The van der Waals surface area contributed by atoms with Crippen LogP contribution in [0.4, 0.5) is 0 Å². The number of rotatable bonds is 2. The average molecular weight is 242 g/mol. The summed E-state index contributed by atoms with van der Waals surface area (Å²) < 4.78 is 2.48. The van der Waals surface area contributed by atoms with Crippen molar-refractivity contribution in [2.45, 2.75) is 31.7 Å². The van der Waals surface area contributed by atoms with Crippen molar-refractivity contribution in [2.75, 3.05) is 13.1 Å². The van der Waals surface area contributed by atoms with E-state index in [0.717, 1.165) is 18.6 Å². The molecule has 2 aromatic heterocycles. The van der Waals surface area contributed by atoms with Crippen molar-refractivity contribution in [3.63, 3.8) is 0 Å². The predicted molar refractivity (Wildman–Crippen MR) is 70.6 cm³/mol. The van der Waals surface area contributed by atoms with Gasteiger partial charge in [-0.1, -0.05) is 6.92 Å². The van der Waals surface area contributed by atoms with Crippen LogP contribution in [-0.2, 0) is 0 Å². The van der Waals surface area contributed by atoms with E-state index in [1.54, 1.807) is 0 Å². The third-order valence-electron chi connectivity index (χ3n) is 4.28. The zero-order chi connectivity index (χ0) is 12.1. The standard InChI is InChI=1S/C14H18N4/c1-9-6-16-7-11(9)14-17-12-8-15-5-4-13(12)18(14)10-2-3-10/h4-5,8-11,16H,2-3,6-7H2,1H3. The SMILES string of the molecule is CC1CNCC1c1nc2cnccc2n1C1CC1. The summed E-state index contributed by atoms with van der Waals surface area (Å²) >= 11 is 0. The Morgan fingerprint density at radius 3 is 2.94 bits per heavy atom. The molecule has 0 amide bonds. The van der Waals surface area contributed by atoms with Crippen LogP contribution in [0.15, 0.2) is 18.5 Å². The quantitative estimate of drug-likeness (QED) is 0.877. The molecule has 4 heteroatoms. The van der Waals surface area contributed by atoms with Gasteiger partial charge in [0.2, 0.25) is 0 Å². The Morgan fingerprint density at radius 1 is 1.33 bits per heavy atom. The van der Waals surface area contributed by atoms with Crippen LogP contribution in [0.5, 0.6) is 0 Å². The summed E-state index contributed by atoms with van der Waals surface area (Å²) in [6, 6.07) is 2.79. The molecule has 18 heavy (non-hydrogen) atoms. The maximum atomic E-state index is 4.87. The van der Waals surface area contributed by atoms with Crippen LogP contribution < -0.4 is 5.32 Å². The minimum atomic E-state index is 0.554. The molecule has 1 aliphatic heterocycles. The molecule has 2 aliphatic rings. The lowest BCUT2D eigenvalue weighted by atomic mass is 9.97. The van der Waals surface area contributed by atoms with Crippen LogP contribution in [0.2, 0.25) is 0 Å². The highest BCUT2D eigenvalue weighted by Crippen LogP contribution is 2.41. The van der Waals surface area contributed by atoms with Crippen LogP contribution in [-0.4, -0.2) is 27.6 Å². The van der Waals surface area contributed by atoms with E-state index in [2.05, 4.69) is 27.9 Å². The minimum Gasteiger partial charge on any atom is -0.324 e. The molecule has 2 unspecified atom stereocenters. The van der Waals surface area contributed by atoms with Crippen molar-refractivity contribution in [2.24, 2.45) is 5.92 Å². The van der Waals surface area contributed by atoms with Crippen LogP contribution in [0, 0.1) is 5.92 Å². The van der Waals surface area contributed by atoms with Gasteiger partial charge in [0.15, 0.2) is 0 Å². The van der Waals surface area contributed by atoms with Gasteiger partial charge in [-0.25, -0.2) is 4.98 Å². The second kappa shape index (κ2) is 3.79. The Labute approximate surface area is 106 Å². The Hall–Kier alpha value is -1.42. The summed E-state index contributed by atoms with van der Waals surface area (Å²) in [5.74, 6) is 2.50. The first-order valence-corrected chi connectivity index (χ1v) is 6.87. The van der Waals surface area contributed by atoms with Gasteiger partial charge in [-0.05, 0) is 31.4 Å². The van der Waals surface area contributed by atoms with E-state index in [9.17, 15) is 0 Å². The highest BCUT2D eigenvalue weighted by molar-refractivity contribution is 5.75. The zero-order valence-electron chi connectivity index (χ0n) is 10.6. The summed E-state index contributed by atoms with van der Waals surface area (Å²) in [6.45, 7) is 4.49. The van der Waals surface area contributed by atoms with Gasteiger partial charge in [0.1, 0.15) is 11.3 Å². The number of aromatic nitrogens is 3. The molecule has 1 saturated carbocycles. The van der Waals surface area contributed by atoms with Crippen molar-refractivity contribution in [1.29, 1.82) is 0 Å². The summed E-state index contributed by atoms with van der Waals surface area (Å²) in [7, 11) is 0. The molecule has 1 N–H and O–H groups in total. The molecule has 2 aromatic rings. The lowest BCUT2D eigenvalue weighted by Crippen LogP contribution is -2.14. The fraction of sp³-hybridized carbons (Fsp3) is 0.571. The monoisotopic (exact) mass is 242 g/mol. The lowest BCUT2D eigenvalue weighted by molar-refractivity contribution is 0.519. The van der Waals surface area contributed by atoms with Crippen molar-refractivity contribution in [3.8, 4) is 0 Å². The second-order valence-corrected chi connectivity index (χ2v) is 5.68. The molecular formula is C14H18N4. The molecule has 2 atom stereocenters. The number of fused-ring (bicyclic) bond motifs is 1. The molecule has 0 bridgehead atoms. The molecule has 2 fully saturated rings. The molecule has 1 aliphatic carbocycles.